The number of carbonyl (C=O) groups is 5. The van der Waals surface area contributed by atoms with E-state index in [0.717, 1.165) is 0 Å². The van der Waals surface area contributed by atoms with Crippen molar-refractivity contribution in [2.75, 3.05) is 13.1 Å². The minimum atomic E-state index is -1.26. The number of rotatable bonds is 15. The molecule has 1 saturated heterocycles. The maximum Gasteiger partial charge on any atom is 0.326 e. The molecule has 210 valence electrons. The molecule has 1 aliphatic rings. The minimum Gasteiger partial charge on any atom is -0.480 e. The number of aliphatic imine (C=N–C) groups is 1. The summed E-state index contributed by atoms with van der Waals surface area (Å²) in [5.41, 5.74) is 22.1. The lowest BCUT2D eigenvalue weighted by atomic mass is 10.1. The number of hydrogen-bond donors (Lipinski definition) is 8. The zero-order valence-electron chi connectivity index (χ0n) is 21.0. The summed E-state index contributed by atoms with van der Waals surface area (Å²) in [6.07, 6.45) is 4.08. The zero-order chi connectivity index (χ0) is 28.2. The second-order valence-electron chi connectivity index (χ2n) is 8.99. The summed E-state index contributed by atoms with van der Waals surface area (Å²) in [6, 6.07) is -4.29. The summed E-state index contributed by atoms with van der Waals surface area (Å²) < 4.78 is 0. The number of nitrogens with zero attached hydrogens (tertiary/aromatic N) is 3. The number of carboxylic acids is 1. The fourth-order valence-corrected chi connectivity index (χ4v) is 4.06. The van der Waals surface area contributed by atoms with Gasteiger partial charge in [-0.15, -0.1) is 0 Å². The average Bonchev–Trinajstić information content (AvgIpc) is 3.55. The normalized spacial score (nSPS) is 17.2. The first-order valence-corrected chi connectivity index (χ1v) is 12.2. The molecular formula is C22H36N10O6. The van der Waals surface area contributed by atoms with E-state index < -0.39 is 53.8 Å². The molecule has 16 nitrogen and oxygen atoms in total. The third-order valence-corrected chi connectivity index (χ3v) is 6.03. The Kier molecular flexibility index (Phi) is 11.5. The number of primary amides is 1. The quantitative estimate of drug-likeness (QED) is 0.0626. The predicted octanol–water partition coefficient (Wildman–Crippen LogP) is -3.36. The topological polar surface area (TPSA) is 278 Å². The number of H-pyrrole nitrogens is 1. The number of likely N-dealkylation sites (tertiary alicyclic amines) is 1. The predicted molar refractivity (Wildman–Crippen MR) is 135 cm³/mol. The molecule has 0 aromatic carbocycles. The van der Waals surface area contributed by atoms with Gasteiger partial charge in [-0.2, -0.15) is 0 Å². The molecule has 1 aromatic heterocycles. The van der Waals surface area contributed by atoms with E-state index in [1.165, 1.54) is 17.4 Å². The van der Waals surface area contributed by atoms with Crippen LogP contribution in [-0.4, -0.2) is 92.8 Å². The van der Waals surface area contributed by atoms with E-state index in [1.54, 1.807) is 0 Å². The Hall–Kier alpha value is -4.21. The van der Waals surface area contributed by atoms with Crippen LogP contribution in [0.15, 0.2) is 17.5 Å². The van der Waals surface area contributed by atoms with Crippen LogP contribution in [0.5, 0.6) is 0 Å². The molecule has 16 heteroatoms. The van der Waals surface area contributed by atoms with Crippen molar-refractivity contribution in [1.29, 1.82) is 0 Å². The third-order valence-electron chi connectivity index (χ3n) is 6.03. The highest BCUT2D eigenvalue weighted by Crippen LogP contribution is 2.19. The number of amides is 4. The van der Waals surface area contributed by atoms with Gasteiger partial charge in [0.1, 0.15) is 18.1 Å². The van der Waals surface area contributed by atoms with Gasteiger partial charge >= 0.3 is 5.97 Å². The molecule has 4 atom stereocenters. The first kappa shape index (κ1) is 30.0. The highest BCUT2D eigenvalue weighted by molar-refractivity contribution is 5.94. The lowest BCUT2D eigenvalue weighted by Gasteiger charge is -2.28. The SMILES string of the molecule is NC(=O)CCC(N)C(=O)N1CCCC1C(=O)NC(Cc1cnc[nH]1)C(=O)NC(CCCN=C(N)N)C(=O)O. The van der Waals surface area contributed by atoms with Crippen molar-refractivity contribution in [2.45, 2.75) is 69.1 Å². The molecule has 4 amide bonds. The van der Waals surface area contributed by atoms with Crippen molar-refractivity contribution in [3.63, 3.8) is 0 Å². The summed E-state index contributed by atoms with van der Waals surface area (Å²) in [5.74, 6) is -3.78. The summed E-state index contributed by atoms with van der Waals surface area (Å²) in [6.45, 7) is 0.471. The first-order chi connectivity index (χ1) is 18.0. The van der Waals surface area contributed by atoms with Gasteiger partial charge in [-0.05, 0) is 32.1 Å². The number of guanidine groups is 1. The van der Waals surface area contributed by atoms with Crippen molar-refractivity contribution < 1.29 is 29.1 Å². The Labute approximate surface area is 219 Å². The maximum atomic E-state index is 13.2. The monoisotopic (exact) mass is 536 g/mol. The van der Waals surface area contributed by atoms with Crippen molar-refractivity contribution in [3.05, 3.63) is 18.2 Å². The molecule has 0 saturated carbocycles. The standard InChI is InChI=1S/C22H36N10O6/c23-13(5-6-17(24)33)20(36)32-8-2-4-16(32)19(35)31-15(9-12-10-27-11-29-12)18(34)30-14(21(37)38)3-1-7-28-22(25)26/h10-11,13-16H,1-9,23H2,(H2,24,33)(H,27,29)(H,30,34)(H,31,35)(H,37,38)(H4,25,26,28). The fourth-order valence-electron chi connectivity index (χ4n) is 4.06. The second-order valence-corrected chi connectivity index (χ2v) is 8.99. The first-order valence-electron chi connectivity index (χ1n) is 12.2. The lowest BCUT2D eigenvalue weighted by molar-refractivity contribution is -0.143. The van der Waals surface area contributed by atoms with E-state index in [9.17, 15) is 29.1 Å². The summed E-state index contributed by atoms with van der Waals surface area (Å²) >= 11 is 0. The number of imidazole rings is 1. The maximum absolute atomic E-state index is 13.2. The van der Waals surface area contributed by atoms with Crippen molar-refractivity contribution in [1.82, 2.24) is 25.5 Å². The molecule has 0 bridgehead atoms. The van der Waals surface area contributed by atoms with E-state index in [-0.39, 0.29) is 44.7 Å². The molecule has 4 unspecified atom stereocenters. The Morgan fingerprint density at radius 1 is 1.16 bits per heavy atom. The highest BCUT2D eigenvalue weighted by atomic mass is 16.4. The van der Waals surface area contributed by atoms with Gasteiger partial charge in [0.15, 0.2) is 5.96 Å². The second kappa shape index (κ2) is 14.5. The average molecular weight is 537 g/mol. The Bertz CT molecular complexity index is 1010. The van der Waals surface area contributed by atoms with Crippen LogP contribution in [-0.2, 0) is 30.4 Å². The smallest absolute Gasteiger partial charge is 0.326 e. The van der Waals surface area contributed by atoms with E-state index in [2.05, 4.69) is 25.6 Å². The molecule has 1 fully saturated rings. The van der Waals surface area contributed by atoms with Crippen LogP contribution in [0.2, 0.25) is 0 Å². The van der Waals surface area contributed by atoms with Crippen LogP contribution < -0.4 is 33.6 Å². The zero-order valence-corrected chi connectivity index (χ0v) is 21.0. The van der Waals surface area contributed by atoms with Gasteiger partial charge in [0, 0.05) is 37.8 Å². The van der Waals surface area contributed by atoms with E-state index in [0.29, 0.717) is 25.0 Å². The lowest BCUT2D eigenvalue weighted by Crippen LogP contribution is -2.57. The van der Waals surface area contributed by atoms with Crippen molar-refractivity contribution >= 4 is 35.6 Å². The largest absolute Gasteiger partial charge is 0.480 e. The van der Waals surface area contributed by atoms with Gasteiger partial charge < -0.3 is 48.6 Å². The highest BCUT2D eigenvalue weighted by Gasteiger charge is 2.38. The van der Waals surface area contributed by atoms with E-state index in [1.807, 2.05) is 0 Å². The molecule has 0 spiro atoms. The summed E-state index contributed by atoms with van der Waals surface area (Å²) in [7, 11) is 0. The van der Waals surface area contributed by atoms with Crippen LogP contribution in [0, 0.1) is 0 Å². The van der Waals surface area contributed by atoms with Crippen molar-refractivity contribution in [2.24, 2.45) is 27.9 Å². The van der Waals surface area contributed by atoms with E-state index in [4.69, 9.17) is 22.9 Å². The fraction of sp³-hybridized carbons (Fsp3) is 0.591. The molecule has 2 heterocycles. The number of aliphatic carboxylic acids is 1. The van der Waals surface area contributed by atoms with Gasteiger partial charge in [0.05, 0.1) is 12.4 Å². The van der Waals surface area contributed by atoms with Crippen LogP contribution >= 0.6 is 0 Å². The summed E-state index contributed by atoms with van der Waals surface area (Å²) in [4.78, 5) is 73.8. The van der Waals surface area contributed by atoms with Crippen molar-refractivity contribution in [3.8, 4) is 0 Å². The number of aromatic nitrogens is 2. The molecule has 0 radical (unpaired) electrons. The molecular weight excluding hydrogens is 500 g/mol. The van der Waals surface area contributed by atoms with Gasteiger partial charge in [-0.1, -0.05) is 0 Å². The van der Waals surface area contributed by atoms with Gasteiger partial charge in [-0.3, -0.25) is 24.2 Å². The van der Waals surface area contributed by atoms with Crippen LogP contribution in [0.1, 0.15) is 44.2 Å². The molecule has 1 aliphatic heterocycles. The molecule has 0 aliphatic carbocycles. The van der Waals surface area contributed by atoms with Gasteiger partial charge in [0.2, 0.25) is 23.6 Å². The van der Waals surface area contributed by atoms with Crippen LogP contribution in [0.25, 0.3) is 0 Å². The molecule has 2 rings (SSSR count). The number of aromatic amines is 1. The Morgan fingerprint density at radius 3 is 2.50 bits per heavy atom. The number of nitrogens with one attached hydrogen (secondary N) is 3. The molecule has 1 aromatic rings. The number of nitrogens with two attached hydrogens (primary N) is 4. The Morgan fingerprint density at radius 2 is 1.89 bits per heavy atom. The Balaban J connectivity index is 2.10. The van der Waals surface area contributed by atoms with Gasteiger partial charge in [-0.25, -0.2) is 9.78 Å². The number of hydrogen-bond acceptors (Lipinski definition) is 8. The van der Waals surface area contributed by atoms with Crippen LogP contribution in [0.4, 0.5) is 0 Å². The minimum absolute atomic E-state index is 0.00327. The summed E-state index contributed by atoms with van der Waals surface area (Å²) in [5, 5.41) is 14.7. The number of carbonyl (C=O) groups excluding carboxylic acids is 4. The third kappa shape index (κ3) is 9.34. The molecule has 38 heavy (non-hydrogen) atoms. The van der Waals surface area contributed by atoms with E-state index >= 15 is 0 Å². The van der Waals surface area contributed by atoms with Crippen LogP contribution in [0.3, 0.4) is 0 Å². The number of carboxylic acid groups (broad SMARTS) is 1. The van der Waals surface area contributed by atoms with Gasteiger partial charge in [0.25, 0.3) is 0 Å². The molecule has 12 N–H and O–H groups in total.